The lowest BCUT2D eigenvalue weighted by Crippen LogP contribution is -2.35. The molecule has 0 saturated heterocycles. The van der Waals surface area contributed by atoms with Gasteiger partial charge >= 0.3 is 0 Å². The summed E-state index contributed by atoms with van der Waals surface area (Å²) in [6, 6.07) is 4.40. The smallest absolute Gasteiger partial charge is 0.129 e. The van der Waals surface area contributed by atoms with E-state index >= 15 is 0 Å². The highest BCUT2D eigenvalue weighted by Crippen LogP contribution is 2.17. The molecule has 0 aromatic carbocycles. The summed E-state index contributed by atoms with van der Waals surface area (Å²) in [6.07, 6.45) is 2.14. The van der Waals surface area contributed by atoms with Gasteiger partial charge in [-0.15, -0.1) is 0 Å². The molecule has 0 radical (unpaired) electrons. The summed E-state index contributed by atoms with van der Waals surface area (Å²) < 4.78 is 0. The second kappa shape index (κ2) is 7.60. The molecule has 1 rings (SSSR count). The fourth-order valence-corrected chi connectivity index (χ4v) is 2.17. The van der Waals surface area contributed by atoms with Gasteiger partial charge in [-0.2, -0.15) is 0 Å². The molecule has 1 aromatic heterocycles. The van der Waals surface area contributed by atoms with Crippen LogP contribution in [-0.2, 0) is 13.0 Å². The molecule has 0 aliphatic rings. The third-order valence-electron chi connectivity index (χ3n) is 3.15. The maximum Gasteiger partial charge on any atom is 0.129 e. The summed E-state index contributed by atoms with van der Waals surface area (Å²) in [5.41, 5.74) is 3.74. The van der Waals surface area contributed by atoms with Gasteiger partial charge in [0.15, 0.2) is 0 Å². The minimum Gasteiger partial charge on any atom is -0.356 e. The van der Waals surface area contributed by atoms with Crippen LogP contribution in [-0.4, -0.2) is 24.1 Å². The van der Waals surface area contributed by atoms with E-state index in [1.54, 1.807) is 0 Å². The molecule has 0 unspecified atom stereocenters. The number of aryl methyl sites for hydroxylation is 1. The Balaban J connectivity index is 2.96. The Morgan fingerprint density at radius 1 is 1.33 bits per heavy atom. The van der Waals surface area contributed by atoms with Crippen LogP contribution in [0.3, 0.4) is 0 Å². The lowest BCUT2D eigenvalue weighted by atomic mass is 10.1. The number of nitrogens with zero attached hydrogens (tertiary/aromatic N) is 2. The molecule has 0 saturated carbocycles. The van der Waals surface area contributed by atoms with Gasteiger partial charge in [-0.05, 0) is 51.8 Å². The molecule has 0 atom stereocenters. The second-order valence-corrected chi connectivity index (χ2v) is 6.99. The van der Waals surface area contributed by atoms with Crippen molar-refractivity contribution in [1.29, 1.82) is 0 Å². The van der Waals surface area contributed by atoms with Crippen LogP contribution in [0.1, 0.15) is 52.3 Å². The van der Waals surface area contributed by atoms with Gasteiger partial charge in [0.25, 0.3) is 0 Å². The molecule has 0 spiro atoms. The second-order valence-electron chi connectivity index (χ2n) is 6.99. The van der Waals surface area contributed by atoms with Crippen molar-refractivity contribution in [2.45, 2.75) is 59.5 Å². The number of anilines is 1. The number of aromatic nitrogens is 1. The van der Waals surface area contributed by atoms with Crippen molar-refractivity contribution in [1.82, 2.24) is 10.3 Å². The van der Waals surface area contributed by atoms with Crippen LogP contribution in [0.25, 0.3) is 0 Å². The van der Waals surface area contributed by atoms with Crippen molar-refractivity contribution < 1.29 is 0 Å². The van der Waals surface area contributed by atoms with Crippen LogP contribution < -0.4 is 10.2 Å². The Hall–Kier alpha value is -1.35. The molecule has 0 fully saturated rings. The molecule has 0 amide bonds. The Kier molecular flexibility index (Phi) is 6.41. The van der Waals surface area contributed by atoms with Gasteiger partial charge in [-0.3, -0.25) is 0 Å². The summed E-state index contributed by atoms with van der Waals surface area (Å²) in [5, 5.41) is 3.55. The first-order chi connectivity index (χ1) is 9.71. The van der Waals surface area contributed by atoms with Gasteiger partial charge < -0.3 is 10.2 Å². The monoisotopic (exact) mass is 289 g/mol. The summed E-state index contributed by atoms with van der Waals surface area (Å²) in [7, 11) is 2.08. The Morgan fingerprint density at radius 2 is 2.00 bits per heavy atom. The van der Waals surface area contributed by atoms with E-state index in [4.69, 9.17) is 4.98 Å². The lowest BCUT2D eigenvalue weighted by molar-refractivity contribution is 0.424. The van der Waals surface area contributed by atoms with E-state index in [-0.39, 0.29) is 5.54 Å². The van der Waals surface area contributed by atoms with Crippen molar-refractivity contribution in [2.24, 2.45) is 0 Å². The molecule has 0 aliphatic carbocycles. The number of pyridine rings is 1. The number of likely N-dealkylation sites (N-methyl/N-ethyl adjacent to an activating group) is 1. The van der Waals surface area contributed by atoms with Crippen molar-refractivity contribution in [3.05, 3.63) is 35.5 Å². The third kappa shape index (κ3) is 6.76. The topological polar surface area (TPSA) is 28.2 Å². The number of nitrogens with one attached hydrogen (secondary N) is 1. The van der Waals surface area contributed by atoms with Crippen LogP contribution in [0.5, 0.6) is 0 Å². The zero-order chi connectivity index (χ0) is 16.0. The minimum atomic E-state index is 0.123. The average molecular weight is 289 g/mol. The Labute approximate surface area is 130 Å². The highest BCUT2D eigenvalue weighted by molar-refractivity contribution is 5.43. The first-order valence-corrected chi connectivity index (χ1v) is 7.81. The number of hydrogen-bond acceptors (Lipinski definition) is 3. The van der Waals surface area contributed by atoms with Crippen LogP contribution in [0, 0.1) is 0 Å². The molecular formula is C18H31N3. The first-order valence-electron chi connectivity index (χ1n) is 7.81. The summed E-state index contributed by atoms with van der Waals surface area (Å²) in [4.78, 5) is 6.95. The quantitative estimate of drug-likeness (QED) is 0.771. The molecular weight excluding hydrogens is 258 g/mol. The van der Waals surface area contributed by atoms with Crippen molar-refractivity contribution in [3.8, 4) is 0 Å². The zero-order valence-electron chi connectivity index (χ0n) is 14.6. The van der Waals surface area contributed by atoms with E-state index < -0.39 is 0 Å². The van der Waals surface area contributed by atoms with E-state index in [1.807, 2.05) is 0 Å². The SMILES string of the molecule is C=C(C)CN(C)c1cc(CNC(C)(C)C)cc(CCC)n1. The van der Waals surface area contributed by atoms with E-state index in [0.717, 1.165) is 37.3 Å². The van der Waals surface area contributed by atoms with Gasteiger partial charge in [0, 0.05) is 31.4 Å². The highest BCUT2D eigenvalue weighted by atomic mass is 15.2. The standard InChI is InChI=1S/C18H31N3/c1-8-9-16-10-15(12-19-18(4,5)6)11-17(20-16)21(7)13-14(2)3/h10-11,19H,2,8-9,12-13H2,1,3-7H3. The summed E-state index contributed by atoms with van der Waals surface area (Å²) in [5.74, 6) is 1.04. The van der Waals surface area contributed by atoms with E-state index in [2.05, 4.69) is 70.6 Å². The van der Waals surface area contributed by atoms with E-state index in [1.165, 1.54) is 11.3 Å². The number of hydrogen-bond donors (Lipinski definition) is 1. The molecule has 21 heavy (non-hydrogen) atoms. The van der Waals surface area contributed by atoms with Crippen LogP contribution in [0.4, 0.5) is 5.82 Å². The molecule has 1 aromatic rings. The molecule has 0 aliphatic heterocycles. The van der Waals surface area contributed by atoms with Crippen molar-refractivity contribution in [2.75, 3.05) is 18.5 Å². The molecule has 118 valence electrons. The third-order valence-corrected chi connectivity index (χ3v) is 3.15. The molecule has 1 N–H and O–H groups in total. The predicted octanol–water partition coefficient (Wildman–Crippen LogP) is 3.93. The van der Waals surface area contributed by atoms with Crippen LogP contribution in [0.15, 0.2) is 24.3 Å². The van der Waals surface area contributed by atoms with Gasteiger partial charge in [0.1, 0.15) is 5.82 Å². The predicted molar refractivity (Wildman–Crippen MR) is 92.9 cm³/mol. The van der Waals surface area contributed by atoms with Gasteiger partial charge in [0.05, 0.1) is 0 Å². The van der Waals surface area contributed by atoms with Crippen LogP contribution >= 0.6 is 0 Å². The molecule has 0 bridgehead atoms. The van der Waals surface area contributed by atoms with Crippen molar-refractivity contribution in [3.63, 3.8) is 0 Å². The maximum absolute atomic E-state index is 4.78. The van der Waals surface area contributed by atoms with Crippen LogP contribution in [0.2, 0.25) is 0 Å². The first kappa shape index (κ1) is 17.7. The van der Waals surface area contributed by atoms with Gasteiger partial charge in [0.2, 0.25) is 0 Å². The fourth-order valence-electron chi connectivity index (χ4n) is 2.17. The highest BCUT2D eigenvalue weighted by Gasteiger charge is 2.11. The Morgan fingerprint density at radius 3 is 2.52 bits per heavy atom. The van der Waals surface area contributed by atoms with Gasteiger partial charge in [-0.25, -0.2) is 4.98 Å². The fraction of sp³-hybridized carbons (Fsp3) is 0.611. The summed E-state index contributed by atoms with van der Waals surface area (Å²) >= 11 is 0. The lowest BCUT2D eigenvalue weighted by Gasteiger charge is -2.23. The minimum absolute atomic E-state index is 0.123. The molecule has 3 heteroatoms. The number of rotatable bonds is 7. The average Bonchev–Trinajstić information content (AvgIpc) is 2.35. The summed E-state index contributed by atoms with van der Waals surface area (Å²) in [6.45, 7) is 16.5. The van der Waals surface area contributed by atoms with Crippen molar-refractivity contribution >= 4 is 5.82 Å². The maximum atomic E-state index is 4.78. The van der Waals surface area contributed by atoms with E-state index in [9.17, 15) is 0 Å². The van der Waals surface area contributed by atoms with Gasteiger partial charge in [-0.1, -0.05) is 25.5 Å². The van der Waals surface area contributed by atoms with E-state index in [0.29, 0.717) is 0 Å². The molecule has 3 nitrogen and oxygen atoms in total. The molecule has 1 heterocycles. The normalized spacial score (nSPS) is 11.5. The Bertz CT molecular complexity index is 472. The zero-order valence-corrected chi connectivity index (χ0v) is 14.6. The largest absolute Gasteiger partial charge is 0.356 e.